The number of fused-ring (bicyclic) bond motifs is 5. The van der Waals surface area contributed by atoms with Crippen LogP contribution in [0.15, 0.2) is 77.7 Å². The van der Waals surface area contributed by atoms with Gasteiger partial charge in [-0.3, -0.25) is 14.5 Å². The fourth-order valence-corrected chi connectivity index (χ4v) is 7.06. The molecule has 39 heavy (non-hydrogen) atoms. The Morgan fingerprint density at radius 3 is 2.56 bits per heavy atom. The molecule has 7 rings (SSSR count). The molecule has 0 radical (unpaired) electrons. The number of rotatable bonds is 4. The largest absolute Gasteiger partial charge is 0.368 e. The van der Waals surface area contributed by atoms with E-state index in [2.05, 4.69) is 44.8 Å². The van der Waals surface area contributed by atoms with Crippen molar-refractivity contribution in [1.82, 2.24) is 18.9 Å². The summed E-state index contributed by atoms with van der Waals surface area (Å²) < 4.78 is 4.22. The Labute approximate surface area is 232 Å². The molecular formula is C31H32ClN5O2. The molecule has 0 saturated carbocycles. The molecule has 2 aromatic heterocycles. The summed E-state index contributed by atoms with van der Waals surface area (Å²) in [5.41, 5.74) is 4.24. The van der Waals surface area contributed by atoms with Crippen molar-refractivity contribution in [3.63, 3.8) is 0 Å². The van der Waals surface area contributed by atoms with Gasteiger partial charge in [0.05, 0.1) is 12.2 Å². The maximum atomic E-state index is 13.8. The van der Waals surface area contributed by atoms with Gasteiger partial charge in [-0.15, -0.1) is 0 Å². The fourth-order valence-electron chi connectivity index (χ4n) is 6.87. The van der Waals surface area contributed by atoms with Crippen molar-refractivity contribution in [2.24, 2.45) is 5.92 Å². The van der Waals surface area contributed by atoms with Crippen LogP contribution in [0.5, 0.6) is 0 Å². The predicted molar refractivity (Wildman–Crippen MR) is 155 cm³/mol. The summed E-state index contributed by atoms with van der Waals surface area (Å²) in [6.07, 6.45) is 3.19. The van der Waals surface area contributed by atoms with Crippen molar-refractivity contribution in [3.8, 4) is 0 Å². The molecule has 5 heterocycles. The van der Waals surface area contributed by atoms with Gasteiger partial charge in [-0.2, -0.15) is 0 Å². The molecule has 7 nitrogen and oxygen atoms in total. The Kier molecular flexibility index (Phi) is 6.21. The first-order chi connectivity index (χ1) is 19.0. The number of para-hydroxylation sites is 1. The quantitative estimate of drug-likeness (QED) is 0.382. The van der Waals surface area contributed by atoms with Crippen molar-refractivity contribution >= 4 is 34.1 Å². The summed E-state index contributed by atoms with van der Waals surface area (Å²) in [5, 5.41) is 1.74. The van der Waals surface area contributed by atoms with Crippen LogP contribution >= 0.6 is 11.6 Å². The summed E-state index contributed by atoms with van der Waals surface area (Å²) in [7, 11) is 0. The van der Waals surface area contributed by atoms with Crippen LogP contribution in [-0.2, 0) is 13.2 Å². The maximum Gasteiger partial charge on any atom is 0.256 e. The second-order valence-corrected chi connectivity index (χ2v) is 11.6. The third kappa shape index (κ3) is 4.53. The molecule has 2 aromatic carbocycles. The number of aromatic nitrogens is 2. The lowest BCUT2D eigenvalue weighted by Gasteiger charge is -2.42. The number of hydrogen-bond donors (Lipinski definition) is 0. The average Bonchev–Trinajstić information content (AvgIpc) is 3.31. The van der Waals surface area contributed by atoms with Gasteiger partial charge in [0.1, 0.15) is 0 Å². The first kappa shape index (κ1) is 24.5. The Morgan fingerprint density at radius 1 is 0.897 bits per heavy atom. The van der Waals surface area contributed by atoms with E-state index in [0.717, 1.165) is 78.7 Å². The molecule has 2 saturated heterocycles. The number of carbonyl (C=O) groups excluding carboxylic acids is 1. The number of anilines is 1. The zero-order valence-corrected chi connectivity index (χ0v) is 22.6. The number of hydrogen-bond acceptors (Lipinski definition) is 4. The number of benzene rings is 2. The molecule has 3 aliphatic heterocycles. The normalized spacial score (nSPS) is 21.3. The van der Waals surface area contributed by atoms with E-state index in [-0.39, 0.29) is 11.5 Å². The molecule has 2 atom stereocenters. The first-order valence-corrected chi connectivity index (χ1v) is 14.2. The highest BCUT2D eigenvalue weighted by atomic mass is 35.5. The van der Waals surface area contributed by atoms with E-state index < -0.39 is 0 Å². The summed E-state index contributed by atoms with van der Waals surface area (Å²) in [6.45, 7) is 6.33. The molecule has 0 unspecified atom stereocenters. The van der Waals surface area contributed by atoms with Crippen molar-refractivity contribution in [2.45, 2.75) is 25.6 Å². The van der Waals surface area contributed by atoms with Gasteiger partial charge < -0.3 is 18.9 Å². The summed E-state index contributed by atoms with van der Waals surface area (Å²) >= 11 is 6.20. The van der Waals surface area contributed by atoms with Crippen LogP contribution in [0.25, 0.3) is 10.9 Å². The first-order valence-electron chi connectivity index (χ1n) is 13.8. The average molecular weight is 542 g/mol. The molecule has 0 spiro atoms. The van der Waals surface area contributed by atoms with Crippen LogP contribution in [0, 0.1) is 5.92 Å². The van der Waals surface area contributed by atoms with Gasteiger partial charge in [0.15, 0.2) is 0 Å². The lowest BCUT2D eigenvalue weighted by Crippen LogP contribution is -2.48. The molecule has 3 aliphatic rings. The Morgan fingerprint density at radius 2 is 1.72 bits per heavy atom. The summed E-state index contributed by atoms with van der Waals surface area (Å²) in [5.74, 6) is 0.930. The highest BCUT2D eigenvalue weighted by molar-refractivity contribution is 6.30. The molecule has 0 aliphatic carbocycles. The van der Waals surface area contributed by atoms with Crippen LogP contribution < -0.4 is 10.5 Å². The van der Waals surface area contributed by atoms with Gasteiger partial charge in [0.25, 0.3) is 11.5 Å². The number of likely N-dealkylation sites (tertiary alicyclic amines) is 1. The number of piperazine rings is 1. The Hall–Kier alpha value is -3.55. The van der Waals surface area contributed by atoms with Gasteiger partial charge in [-0.1, -0.05) is 41.9 Å². The standard InChI is InChI=1S/C31H32ClN5O2/c32-24-5-3-6-25(16-24)34-11-13-35(14-12-34)31(39)27-20-36(29-8-2-1-7-26(27)29)21-33-17-22-15-23(19-33)28-9-4-10-30(38)37(28)18-22/h1-10,16,20,22-23H,11-15,17-19,21H2/t22-,23-/m0/s1. The SMILES string of the molecule is O=C(c1cn(CN2C[C@@H]3C[C@@H](C2)c2cccc(=O)n2C3)c2ccccc12)N1CCN(c2cccc(Cl)c2)CC1. The minimum absolute atomic E-state index is 0.0968. The van der Waals surface area contributed by atoms with Crippen molar-refractivity contribution in [1.29, 1.82) is 0 Å². The highest BCUT2D eigenvalue weighted by Crippen LogP contribution is 2.35. The van der Waals surface area contributed by atoms with Gasteiger partial charge in [0, 0.05) is 91.3 Å². The zero-order valence-electron chi connectivity index (χ0n) is 21.9. The molecular weight excluding hydrogens is 510 g/mol. The molecule has 0 N–H and O–H groups in total. The van der Waals surface area contributed by atoms with E-state index in [0.29, 0.717) is 24.9 Å². The van der Waals surface area contributed by atoms with E-state index in [4.69, 9.17) is 11.6 Å². The Balaban J connectivity index is 1.10. The lowest BCUT2D eigenvalue weighted by atomic mass is 9.83. The Bertz CT molecular complexity index is 1600. The van der Waals surface area contributed by atoms with Crippen molar-refractivity contribution in [2.75, 3.05) is 44.2 Å². The van der Waals surface area contributed by atoms with Gasteiger partial charge in [0.2, 0.25) is 0 Å². The number of carbonyl (C=O) groups is 1. The number of pyridine rings is 1. The van der Waals surface area contributed by atoms with Gasteiger partial charge in [-0.25, -0.2) is 0 Å². The number of halogens is 1. The van der Waals surface area contributed by atoms with Crippen LogP contribution in [0.3, 0.4) is 0 Å². The van der Waals surface area contributed by atoms with Crippen LogP contribution in [0.2, 0.25) is 5.02 Å². The second kappa shape index (κ2) is 9.88. The molecule has 1 amide bonds. The van der Waals surface area contributed by atoms with Crippen LogP contribution in [-0.4, -0.2) is 64.1 Å². The molecule has 2 fully saturated rings. The lowest BCUT2D eigenvalue weighted by molar-refractivity contribution is 0.0747. The fraction of sp³-hybridized carbons (Fsp3) is 0.355. The van der Waals surface area contributed by atoms with Gasteiger partial charge >= 0.3 is 0 Å². The van der Waals surface area contributed by atoms with Crippen LogP contribution in [0.1, 0.15) is 28.4 Å². The minimum atomic E-state index is 0.0968. The number of amides is 1. The highest BCUT2D eigenvalue weighted by Gasteiger charge is 2.35. The van der Waals surface area contributed by atoms with E-state index in [1.54, 1.807) is 6.07 Å². The smallest absolute Gasteiger partial charge is 0.256 e. The number of piperidine rings is 1. The zero-order chi connectivity index (χ0) is 26.5. The van der Waals surface area contributed by atoms with Crippen LogP contribution in [0.4, 0.5) is 5.69 Å². The van der Waals surface area contributed by atoms with Crippen molar-refractivity contribution < 1.29 is 4.79 Å². The van der Waals surface area contributed by atoms with E-state index >= 15 is 0 Å². The maximum absolute atomic E-state index is 13.8. The van der Waals surface area contributed by atoms with Crippen molar-refractivity contribution in [3.05, 3.63) is 99.6 Å². The minimum Gasteiger partial charge on any atom is -0.368 e. The molecule has 2 bridgehead atoms. The topological polar surface area (TPSA) is 53.7 Å². The van der Waals surface area contributed by atoms with E-state index in [9.17, 15) is 9.59 Å². The summed E-state index contributed by atoms with van der Waals surface area (Å²) in [4.78, 5) is 32.9. The monoisotopic (exact) mass is 541 g/mol. The predicted octanol–water partition coefficient (Wildman–Crippen LogP) is 4.50. The van der Waals surface area contributed by atoms with E-state index in [1.165, 1.54) is 0 Å². The molecule has 8 heteroatoms. The van der Waals surface area contributed by atoms with E-state index in [1.807, 2.05) is 45.9 Å². The summed E-state index contributed by atoms with van der Waals surface area (Å²) in [6, 6.07) is 21.8. The molecule has 4 aromatic rings. The second-order valence-electron chi connectivity index (χ2n) is 11.2. The third-order valence-electron chi connectivity index (χ3n) is 8.67. The third-order valence-corrected chi connectivity index (χ3v) is 8.90. The molecule has 200 valence electrons. The number of nitrogens with zero attached hydrogens (tertiary/aromatic N) is 5. The van der Waals surface area contributed by atoms with Gasteiger partial charge in [-0.05, 0) is 42.7 Å².